The van der Waals surface area contributed by atoms with Crippen molar-refractivity contribution in [2.45, 2.75) is 54.1 Å². The number of ketones is 1. The Hall–Kier alpha value is -3.31. The van der Waals surface area contributed by atoms with Crippen LogP contribution < -0.4 is 19.7 Å². The van der Waals surface area contributed by atoms with E-state index >= 15 is 0 Å². The van der Waals surface area contributed by atoms with Gasteiger partial charge in [-0.3, -0.25) is 13.8 Å². The number of aryl methyl sites for hydroxylation is 3. The van der Waals surface area contributed by atoms with Gasteiger partial charge in [-0.1, -0.05) is 36.2 Å². The first-order valence-corrected chi connectivity index (χ1v) is 14.8. The maximum atomic E-state index is 13.2. The summed E-state index contributed by atoms with van der Waals surface area (Å²) in [6.45, 7) is 12.4. The Morgan fingerprint density at radius 3 is 2.44 bits per heavy atom. The molecule has 2 aromatic carbocycles. The van der Waals surface area contributed by atoms with E-state index < -0.39 is 29.1 Å². The first kappa shape index (κ1) is 32.2. The minimum atomic E-state index is -1.58. The Bertz CT molecular complexity index is 1440. The van der Waals surface area contributed by atoms with Gasteiger partial charge in [0, 0.05) is 12.2 Å². The average molecular weight is 601 g/mol. The Kier molecular flexibility index (Phi) is 11.4. The lowest BCUT2D eigenvalue weighted by Crippen LogP contribution is -2.40. The number of hydrogen-bond donors (Lipinski definition) is 2. The molecule has 0 fully saturated rings. The van der Waals surface area contributed by atoms with Gasteiger partial charge in [0.15, 0.2) is 6.10 Å². The van der Waals surface area contributed by atoms with Crippen molar-refractivity contribution in [2.24, 2.45) is 4.99 Å². The molecule has 0 aromatic heterocycles. The average Bonchev–Trinajstić information content (AvgIpc) is 2.95. The lowest BCUT2D eigenvalue weighted by atomic mass is 10.0. The molecule has 41 heavy (non-hydrogen) atoms. The first-order valence-electron chi connectivity index (χ1n) is 13.3. The fourth-order valence-electron chi connectivity index (χ4n) is 4.21. The van der Waals surface area contributed by atoms with Gasteiger partial charge in [0.05, 0.1) is 35.9 Å². The van der Waals surface area contributed by atoms with E-state index in [1.807, 2.05) is 75.9 Å². The predicted molar refractivity (Wildman–Crippen MR) is 165 cm³/mol. The number of nitrogens with zero attached hydrogens (tertiary/aromatic N) is 2. The Labute approximate surface area is 249 Å². The highest BCUT2D eigenvalue weighted by molar-refractivity contribution is 7.78. The highest BCUT2D eigenvalue weighted by atomic mass is 35.5. The van der Waals surface area contributed by atoms with Crippen LogP contribution in [0, 0.1) is 20.8 Å². The van der Waals surface area contributed by atoms with E-state index in [4.69, 9.17) is 25.5 Å². The molecule has 2 aromatic rings. The number of benzene rings is 2. The molecule has 0 saturated heterocycles. The number of aliphatic imine (C=N–C) groups is 1. The fraction of sp³-hybridized carbons (Fsp3) is 0.367. The Balaban J connectivity index is 1.84. The van der Waals surface area contributed by atoms with E-state index in [0.717, 1.165) is 22.4 Å². The summed E-state index contributed by atoms with van der Waals surface area (Å²) in [5, 5.41) is 2.71. The molecular weight excluding hydrogens is 564 g/mol. The molecule has 0 bridgehead atoms. The van der Waals surface area contributed by atoms with Crippen molar-refractivity contribution >= 4 is 51.6 Å². The minimum absolute atomic E-state index is 0.00598. The van der Waals surface area contributed by atoms with Crippen LogP contribution in [0.5, 0.6) is 5.75 Å². The molecule has 0 saturated carbocycles. The Morgan fingerprint density at radius 1 is 1.10 bits per heavy atom. The monoisotopic (exact) mass is 600 g/mol. The summed E-state index contributed by atoms with van der Waals surface area (Å²) in [4.78, 5) is 32.9. The van der Waals surface area contributed by atoms with Gasteiger partial charge < -0.3 is 15.0 Å². The van der Waals surface area contributed by atoms with Crippen LogP contribution in [-0.2, 0) is 25.0 Å². The molecule has 2 atom stereocenters. The summed E-state index contributed by atoms with van der Waals surface area (Å²) in [5.74, 6) is -0.316. The number of ether oxygens (including phenoxy) is 1. The van der Waals surface area contributed by atoms with Crippen LogP contribution in [0.4, 0.5) is 11.4 Å². The van der Waals surface area contributed by atoms with Gasteiger partial charge in [0.2, 0.25) is 17.0 Å². The summed E-state index contributed by atoms with van der Waals surface area (Å²) in [6.07, 6.45) is 1.14. The van der Waals surface area contributed by atoms with Crippen molar-refractivity contribution in [2.75, 3.05) is 25.2 Å². The van der Waals surface area contributed by atoms with Gasteiger partial charge in [0.1, 0.15) is 5.75 Å². The predicted octanol–water partition coefficient (Wildman–Crippen LogP) is 5.24. The summed E-state index contributed by atoms with van der Waals surface area (Å²) >= 11 is 4.83. The third-order valence-corrected chi connectivity index (χ3v) is 7.77. The van der Waals surface area contributed by atoms with E-state index in [0.29, 0.717) is 42.4 Å². The zero-order valence-corrected chi connectivity index (χ0v) is 26.0. The van der Waals surface area contributed by atoms with Crippen molar-refractivity contribution in [1.82, 2.24) is 10.0 Å². The van der Waals surface area contributed by atoms with E-state index in [9.17, 15) is 13.8 Å². The molecule has 0 aliphatic heterocycles. The maximum absolute atomic E-state index is 13.2. The number of hydrogen-bond acceptors (Lipinski definition) is 7. The third kappa shape index (κ3) is 8.13. The van der Waals surface area contributed by atoms with Gasteiger partial charge in [-0.05, 0) is 88.1 Å². The van der Waals surface area contributed by atoms with E-state index in [1.54, 1.807) is 13.0 Å². The second-order valence-corrected chi connectivity index (χ2v) is 11.1. The molecule has 220 valence electrons. The number of amides is 1. The van der Waals surface area contributed by atoms with Crippen LogP contribution in [0.15, 0.2) is 63.8 Å². The number of Topliss-reactive ketones (excluding diaryl/α,β-unsaturated/α-hetero) is 1. The highest BCUT2D eigenvalue weighted by Crippen LogP contribution is 2.29. The molecule has 1 aliphatic rings. The van der Waals surface area contributed by atoms with Gasteiger partial charge in [-0.25, -0.2) is 9.20 Å². The molecule has 3 rings (SSSR count). The topological polar surface area (TPSA) is 109 Å². The number of allylic oxidation sites excluding steroid dienone is 3. The highest BCUT2D eigenvalue weighted by Gasteiger charge is 2.28. The summed E-state index contributed by atoms with van der Waals surface area (Å²) in [6, 6.07) is 11.5. The largest absolute Gasteiger partial charge is 0.480 e. The van der Waals surface area contributed by atoms with Crippen LogP contribution in [0.25, 0.3) is 0 Å². The molecule has 1 aliphatic carbocycles. The number of nitrogens with one attached hydrogen (secondary N) is 2. The molecule has 2 unspecified atom stereocenters. The number of carbonyl (C=O) groups excluding carboxylic acids is 2. The third-order valence-electron chi connectivity index (χ3n) is 6.65. The smallest absolute Gasteiger partial charge is 0.265 e. The quantitative estimate of drug-likeness (QED) is 0.255. The van der Waals surface area contributed by atoms with Crippen LogP contribution in [-0.4, -0.2) is 48.0 Å². The van der Waals surface area contributed by atoms with Crippen molar-refractivity contribution in [1.29, 1.82) is 0 Å². The molecule has 0 spiro atoms. The van der Waals surface area contributed by atoms with E-state index in [-0.39, 0.29) is 10.7 Å². The molecule has 2 N–H and O–H groups in total. The van der Waals surface area contributed by atoms with Crippen LogP contribution in [0.1, 0.15) is 43.9 Å². The zero-order chi connectivity index (χ0) is 30.3. The maximum Gasteiger partial charge on any atom is 0.265 e. The Morgan fingerprint density at radius 2 is 1.83 bits per heavy atom. The summed E-state index contributed by atoms with van der Waals surface area (Å²) < 4.78 is 25.1. The SMILES string of the molecule is CCC(Oc1ccc(C)cc1C)C(=O)NC1=CC(=Nc2ccc(N(CC)CNS(=O)OC)cc2C)C(C)=C(Cl)C1=O. The molecule has 0 heterocycles. The second kappa shape index (κ2) is 14.5. The zero-order valence-electron chi connectivity index (χ0n) is 24.5. The standard InChI is InChI=1S/C30H37ClN4O5S/c1-8-26(40-27-13-10-18(3)14-20(27)5)30(37)34-25-16-24(21(6)28(31)29(25)36)33-23-12-11-22(15-19(23)4)35(9-2)17-32-41(38)39-7/h10-16,26,32H,8-9,17H2,1-7H3,(H,34,37). The second-order valence-electron chi connectivity index (χ2n) is 9.63. The minimum Gasteiger partial charge on any atom is -0.480 e. The molecule has 9 nitrogen and oxygen atoms in total. The normalized spacial score (nSPS) is 16.0. The van der Waals surface area contributed by atoms with Crippen LogP contribution in [0.2, 0.25) is 0 Å². The van der Waals surface area contributed by atoms with Crippen molar-refractivity contribution in [3.63, 3.8) is 0 Å². The number of halogens is 1. The molecule has 11 heteroatoms. The molecule has 1 amide bonds. The van der Waals surface area contributed by atoms with Crippen molar-refractivity contribution in [3.05, 3.63) is 75.5 Å². The van der Waals surface area contributed by atoms with Gasteiger partial charge >= 0.3 is 0 Å². The summed E-state index contributed by atoms with van der Waals surface area (Å²) in [7, 11) is 1.37. The molecule has 0 radical (unpaired) electrons. The number of anilines is 1. The van der Waals surface area contributed by atoms with Crippen LogP contribution in [0.3, 0.4) is 0 Å². The lowest BCUT2D eigenvalue weighted by molar-refractivity contribution is -0.128. The van der Waals surface area contributed by atoms with Crippen molar-refractivity contribution in [3.8, 4) is 5.75 Å². The van der Waals surface area contributed by atoms with Gasteiger partial charge in [-0.2, -0.15) is 4.72 Å². The van der Waals surface area contributed by atoms with E-state index in [2.05, 4.69) is 10.0 Å². The van der Waals surface area contributed by atoms with Gasteiger partial charge in [0.25, 0.3) is 5.91 Å². The van der Waals surface area contributed by atoms with Crippen LogP contribution >= 0.6 is 11.6 Å². The number of carbonyl (C=O) groups is 2. The number of rotatable bonds is 12. The first-order chi connectivity index (χ1) is 19.5. The van der Waals surface area contributed by atoms with Crippen molar-refractivity contribution < 1.29 is 22.7 Å². The lowest BCUT2D eigenvalue weighted by Gasteiger charge is -2.24. The fourth-order valence-corrected chi connectivity index (χ4v) is 4.79. The molecular formula is C30H37ClN4O5S. The van der Waals surface area contributed by atoms with E-state index in [1.165, 1.54) is 7.11 Å². The summed E-state index contributed by atoms with van der Waals surface area (Å²) in [5.41, 5.74) is 5.51. The van der Waals surface area contributed by atoms with Gasteiger partial charge in [-0.15, -0.1) is 0 Å².